The number of halogens is 2. The Bertz CT molecular complexity index is 2260. The predicted molar refractivity (Wildman–Crippen MR) is 249 cm³/mol. The summed E-state index contributed by atoms with van der Waals surface area (Å²) in [5.41, 5.74) is 11.3. The van der Waals surface area contributed by atoms with Crippen LogP contribution in [0.2, 0.25) is 0 Å². The third kappa shape index (κ3) is 17.4. The van der Waals surface area contributed by atoms with Gasteiger partial charge in [-0.25, -0.2) is 9.97 Å². The first-order valence-electron chi connectivity index (χ1n) is 20.0. The molecule has 0 unspecified atom stereocenters. The van der Waals surface area contributed by atoms with Crippen molar-refractivity contribution in [2.75, 3.05) is 47.4 Å². The van der Waals surface area contributed by atoms with E-state index in [0.717, 1.165) is 22.5 Å². The molecule has 2 aromatic carbocycles. The molecule has 4 aromatic rings. The molecule has 0 aliphatic carbocycles. The number of nitrogens with two attached hydrogens (primary N) is 2. The largest absolute Gasteiger partial charge is 0.481 e. The molecule has 22 heteroatoms. The van der Waals surface area contributed by atoms with Crippen LogP contribution < -0.4 is 43.4 Å². The van der Waals surface area contributed by atoms with E-state index in [4.69, 9.17) is 21.7 Å². The van der Waals surface area contributed by atoms with Crippen molar-refractivity contribution in [1.29, 1.82) is 0 Å². The zero-order chi connectivity index (χ0) is 47.5. The number of nitrogens with zero attached hydrogens (tertiary/aromatic N) is 4. The molecule has 0 radical (unpaired) electrons. The highest BCUT2D eigenvalue weighted by atomic mass is 79.9. The fourth-order valence-electron chi connectivity index (χ4n) is 5.08. The van der Waals surface area contributed by atoms with E-state index in [1.807, 2.05) is 48.5 Å². The molecular formula is C42H54Br2N12O8. The number of aliphatic carboxylic acids is 2. The summed E-state index contributed by atoms with van der Waals surface area (Å²) in [5, 5.41) is 35.6. The van der Waals surface area contributed by atoms with Crippen LogP contribution in [0.25, 0.3) is 0 Å². The minimum atomic E-state index is -1.26. The van der Waals surface area contributed by atoms with Gasteiger partial charge in [0.05, 0.1) is 8.95 Å². The number of hydrogen-bond acceptors (Lipinski definition) is 14. The summed E-state index contributed by atoms with van der Waals surface area (Å²) in [5.74, 6) is -1.90. The highest BCUT2D eigenvalue weighted by molar-refractivity contribution is 9.11. The van der Waals surface area contributed by atoms with Gasteiger partial charge in [-0.15, -0.1) is 0 Å². The number of carbonyl (C=O) groups is 6. The van der Waals surface area contributed by atoms with Gasteiger partial charge < -0.3 is 53.6 Å². The second-order valence-electron chi connectivity index (χ2n) is 15.3. The third-order valence-corrected chi connectivity index (χ3v) is 10.5. The number of amides is 4. The Balaban J connectivity index is 0.000000340. The molecule has 0 atom stereocenters. The molecule has 0 fully saturated rings. The number of primary amides is 2. The molecule has 20 nitrogen and oxygen atoms in total. The third-order valence-electron chi connectivity index (χ3n) is 9.37. The van der Waals surface area contributed by atoms with E-state index >= 15 is 0 Å². The number of hydrogen-bond donors (Lipinski definition) is 10. The Kier molecular flexibility index (Phi) is 20.3. The molecule has 0 spiro atoms. The molecular weight excluding hydrogens is 960 g/mol. The summed E-state index contributed by atoms with van der Waals surface area (Å²) in [6, 6.07) is 14.8. The maximum Gasteiger partial charge on any atom is 0.303 e. The van der Waals surface area contributed by atoms with Crippen molar-refractivity contribution in [2.24, 2.45) is 22.3 Å². The first-order chi connectivity index (χ1) is 30.2. The quantitative estimate of drug-likeness (QED) is 0.0331. The second-order valence-corrected chi connectivity index (χ2v) is 17.0. The van der Waals surface area contributed by atoms with Crippen LogP contribution in [-0.4, -0.2) is 91.9 Å². The minimum absolute atomic E-state index is 0.0623. The van der Waals surface area contributed by atoms with Crippen molar-refractivity contribution in [1.82, 2.24) is 30.6 Å². The SMILES string of the molecule is CC(C)(C(N)=O)C(=O)NCCCNc1nc(Nc2ccc(CCC(=O)O)cc2)ncc1Br.CC(C)(C(N)=O)C(=O)NCCCNc1nc(Nc2cccc(CCC(=O)O)c2)ncc1Br. The average molecular weight is 1010 g/mol. The van der Waals surface area contributed by atoms with E-state index in [0.29, 0.717) is 84.3 Å². The maximum atomic E-state index is 12.0. The zero-order valence-corrected chi connectivity index (χ0v) is 39.1. The van der Waals surface area contributed by atoms with Gasteiger partial charge in [0, 0.05) is 62.8 Å². The molecule has 4 amide bonds. The second kappa shape index (κ2) is 25.0. The number of rotatable bonds is 24. The molecule has 64 heavy (non-hydrogen) atoms. The number of benzene rings is 2. The summed E-state index contributed by atoms with van der Waals surface area (Å²) < 4.78 is 1.36. The first kappa shape index (κ1) is 51.9. The lowest BCUT2D eigenvalue weighted by atomic mass is 9.91. The average Bonchev–Trinajstić information content (AvgIpc) is 3.24. The Morgan fingerprint density at radius 3 is 1.48 bits per heavy atom. The van der Waals surface area contributed by atoms with Crippen LogP contribution in [0, 0.1) is 10.8 Å². The van der Waals surface area contributed by atoms with Crippen molar-refractivity contribution >= 4 is 102 Å². The van der Waals surface area contributed by atoms with Crippen molar-refractivity contribution in [3.63, 3.8) is 0 Å². The molecule has 0 aliphatic rings. The number of carbonyl (C=O) groups excluding carboxylic acids is 4. The monoisotopic (exact) mass is 1010 g/mol. The smallest absolute Gasteiger partial charge is 0.303 e. The molecule has 2 aromatic heterocycles. The van der Waals surface area contributed by atoms with E-state index in [9.17, 15) is 28.8 Å². The number of carboxylic acid groups (broad SMARTS) is 2. The lowest BCUT2D eigenvalue weighted by Gasteiger charge is -2.19. The first-order valence-corrected chi connectivity index (χ1v) is 21.6. The topological polar surface area (TPSA) is 319 Å². The molecule has 0 saturated heterocycles. The van der Waals surface area contributed by atoms with Gasteiger partial charge in [-0.2, -0.15) is 9.97 Å². The van der Waals surface area contributed by atoms with E-state index < -0.39 is 46.4 Å². The van der Waals surface area contributed by atoms with Crippen molar-refractivity contribution < 1.29 is 39.0 Å². The maximum absolute atomic E-state index is 12.0. The highest BCUT2D eigenvalue weighted by Crippen LogP contribution is 2.24. The Hall–Kier alpha value is -6.42. The van der Waals surface area contributed by atoms with Gasteiger partial charge >= 0.3 is 11.9 Å². The van der Waals surface area contributed by atoms with Crippen LogP contribution in [0.1, 0.15) is 64.5 Å². The van der Waals surface area contributed by atoms with E-state index in [-0.39, 0.29) is 12.8 Å². The molecule has 2 heterocycles. The number of aryl methyl sites for hydroxylation is 2. The van der Waals surface area contributed by atoms with Crippen LogP contribution in [-0.2, 0) is 41.6 Å². The van der Waals surface area contributed by atoms with Crippen LogP contribution in [0.4, 0.5) is 34.9 Å². The molecule has 12 N–H and O–H groups in total. The van der Waals surface area contributed by atoms with Crippen molar-refractivity contribution in [3.05, 3.63) is 81.0 Å². The fraction of sp³-hybridized carbons (Fsp3) is 0.381. The van der Waals surface area contributed by atoms with Gasteiger partial charge in [0.1, 0.15) is 22.5 Å². The van der Waals surface area contributed by atoms with E-state index in [1.54, 1.807) is 12.4 Å². The van der Waals surface area contributed by atoms with E-state index in [2.05, 4.69) is 83.7 Å². The normalized spacial score (nSPS) is 11.0. The van der Waals surface area contributed by atoms with Gasteiger partial charge in [0.15, 0.2) is 0 Å². The summed E-state index contributed by atoms with van der Waals surface area (Å²) in [6.07, 6.45) is 5.50. The summed E-state index contributed by atoms with van der Waals surface area (Å²) >= 11 is 6.81. The van der Waals surface area contributed by atoms with Crippen LogP contribution in [0.5, 0.6) is 0 Å². The predicted octanol–water partition coefficient (Wildman–Crippen LogP) is 4.86. The number of aromatic nitrogens is 4. The zero-order valence-electron chi connectivity index (χ0n) is 35.9. The van der Waals surface area contributed by atoms with Crippen molar-refractivity contribution in [2.45, 2.75) is 66.2 Å². The van der Waals surface area contributed by atoms with Crippen molar-refractivity contribution in [3.8, 4) is 0 Å². The minimum Gasteiger partial charge on any atom is -0.481 e. The molecule has 0 aliphatic heterocycles. The number of nitrogens with one attached hydrogen (secondary N) is 6. The van der Waals surface area contributed by atoms with Gasteiger partial charge in [0.2, 0.25) is 35.5 Å². The summed E-state index contributed by atoms with van der Waals surface area (Å²) in [6.45, 7) is 7.75. The number of anilines is 6. The van der Waals surface area contributed by atoms with Crippen LogP contribution in [0.15, 0.2) is 69.9 Å². The van der Waals surface area contributed by atoms with Gasteiger partial charge in [0.25, 0.3) is 0 Å². The molecule has 4 rings (SSSR count). The van der Waals surface area contributed by atoms with Gasteiger partial charge in [-0.05, 0) is 121 Å². The summed E-state index contributed by atoms with van der Waals surface area (Å²) in [7, 11) is 0. The van der Waals surface area contributed by atoms with Crippen LogP contribution in [0.3, 0.4) is 0 Å². The standard InChI is InChI=1S/2C21H27BrN6O4/c1-21(2,18(23)31)19(32)25-11-3-10-24-17-15(22)12-26-20(28-17)27-14-7-4-13(5-8-14)6-9-16(29)30;1-21(2,18(23)31)19(32)25-10-4-9-24-17-15(22)12-26-20(28-17)27-14-6-3-5-13(11-14)7-8-16(29)30/h4-5,7-8,12H,3,6,9-11H2,1-2H3,(H2,23,31)(H,25,32)(H,29,30)(H2,24,26,27,28);3,5-6,11-12H,4,7-10H2,1-2H3,(H2,23,31)(H,25,32)(H,29,30)(H2,24,26,27,28). The Labute approximate surface area is 387 Å². The molecule has 0 bridgehead atoms. The van der Waals surface area contributed by atoms with Crippen LogP contribution >= 0.6 is 31.9 Å². The fourth-order valence-corrected chi connectivity index (χ4v) is 5.75. The lowest BCUT2D eigenvalue weighted by molar-refractivity contribution is -0.140. The summed E-state index contributed by atoms with van der Waals surface area (Å²) in [4.78, 5) is 85.4. The molecule has 0 saturated carbocycles. The van der Waals surface area contributed by atoms with E-state index in [1.165, 1.54) is 27.7 Å². The Morgan fingerprint density at radius 1 is 0.609 bits per heavy atom. The highest BCUT2D eigenvalue weighted by Gasteiger charge is 2.34. The lowest BCUT2D eigenvalue weighted by Crippen LogP contribution is -2.46. The van der Waals surface area contributed by atoms with Gasteiger partial charge in [-0.3, -0.25) is 28.8 Å². The Morgan fingerprint density at radius 2 is 1.05 bits per heavy atom. The molecule has 344 valence electrons. The number of carboxylic acids is 2. The van der Waals surface area contributed by atoms with Gasteiger partial charge in [-0.1, -0.05) is 24.3 Å².